The van der Waals surface area contributed by atoms with Crippen LogP contribution in [0.3, 0.4) is 0 Å². The quantitative estimate of drug-likeness (QED) is 0.244. The van der Waals surface area contributed by atoms with E-state index in [4.69, 9.17) is 18.8 Å². The van der Waals surface area contributed by atoms with E-state index in [1.165, 1.54) is 4.90 Å². The zero-order valence-corrected chi connectivity index (χ0v) is 27.3. The second kappa shape index (κ2) is 13.0. The molecule has 2 fully saturated rings. The van der Waals surface area contributed by atoms with Crippen molar-refractivity contribution in [2.24, 2.45) is 0 Å². The Balaban J connectivity index is 2.16. The Bertz CT molecular complexity index is 989. The van der Waals surface area contributed by atoms with Gasteiger partial charge in [-0.2, -0.15) is 0 Å². The smallest absolute Gasteiger partial charge is 0.457 e. The molecule has 0 unspecified atom stereocenters. The SMILES string of the molecule is CC[C@H](NC(=O)OC(C)(C)C)C(=O)N[C@H]1CN(C(=O)OC(C)(C)C)[C@@](CCCCB2OC(C)(C)C(C)(C)O2)(C(=O)O)C1. The predicted molar refractivity (Wildman–Crippen MR) is 158 cm³/mol. The van der Waals surface area contributed by atoms with Crippen LogP contribution in [0.2, 0.25) is 6.32 Å². The Hall–Kier alpha value is -2.54. The summed E-state index contributed by atoms with van der Waals surface area (Å²) in [6.07, 6.45) is 0.615. The lowest BCUT2D eigenvalue weighted by molar-refractivity contribution is -0.150. The lowest BCUT2D eigenvalue weighted by Crippen LogP contribution is -2.54. The highest BCUT2D eigenvalue weighted by Gasteiger charge is 2.55. The van der Waals surface area contributed by atoms with Gasteiger partial charge in [-0.25, -0.2) is 14.4 Å². The van der Waals surface area contributed by atoms with E-state index < -0.39 is 71.2 Å². The fourth-order valence-electron chi connectivity index (χ4n) is 5.10. The van der Waals surface area contributed by atoms with Gasteiger partial charge in [-0.15, -0.1) is 0 Å². The number of aliphatic carboxylic acids is 1. The third-order valence-corrected chi connectivity index (χ3v) is 7.86. The molecule has 3 atom stereocenters. The number of nitrogens with zero attached hydrogens (tertiary/aromatic N) is 1. The third-order valence-electron chi connectivity index (χ3n) is 7.86. The molecule has 240 valence electrons. The van der Waals surface area contributed by atoms with Gasteiger partial charge in [0.2, 0.25) is 5.91 Å². The van der Waals surface area contributed by atoms with Crippen LogP contribution in [0.5, 0.6) is 0 Å². The first-order valence-corrected chi connectivity index (χ1v) is 14.9. The van der Waals surface area contributed by atoms with Crippen molar-refractivity contribution in [1.82, 2.24) is 15.5 Å². The number of hydrogen-bond acceptors (Lipinski definition) is 8. The second-order valence-corrected chi connectivity index (χ2v) is 14.4. The number of carbonyl (C=O) groups excluding carboxylic acids is 3. The number of likely N-dealkylation sites (tertiary alicyclic amines) is 1. The molecular formula is C29H52BN3O9. The van der Waals surface area contributed by atoms with E-state index in [1.807, 2.05) is 27.7 Å². The molecule has 2 aliphatic rings. The molecular weight excluding hydrogens is 545 g/mol. The molecule has 0 saturated carbocycles. The van der Waals surface area contributed by atoms with Gasteiger partial charge in [0.15, 0.2) is 0 Å². The number of hydrogen-bond donors (Lipinski definition) is 3. The minimum Gasteiger partial charge on any atom is -0.479 e. The van der Waals surface area contributed by atoms with Crippen molar-refractivity contribution in [3.63, 3.8) is 0 Å². The molecule has 12 nitrogen and oxygen atoms in total. The van der Waals surface area contributed by atoms with Crippen molar-refractivity contribution in [3.8, 4) is 0 Å². The Morgan fingerprint density at radius 1 is 0.976 bits per heavy atom. The van der Waals surface area contributed by atoms with Crippen LogP contribution in [-0.2, 0) is 28.4 Å². The maximum Gasteiger partial charge on any atom is 0.457 e. The molecule has 2 rings (SSSR count). The van der Waals surface area contributed by atoms with E-state index in [0.29, 0.717) is 19.2 Å². The number of carboxylic acids is 1. The molecule has 2 saturated heterocycles. The van der Waals surface area contributed by atoms with Gasteiger partial charge in [0, 0.05) is 19.0 Å². The predicted octanol–water partition coefficient (Wildman–Crippen LogP) is 4.50. The van der Waals surface area contributed by atoms with Crippen LogP contribution in [0.15, 0.2) is 0 Å². The third kappa shape index (κ3) is 9.23. The summed E-state index contributed by atoms with van der Waals surface area (Å²) >= 11 is 0. The fraction of sp³-hybridized carbons (Fsp3) is 0.862. The number of ether oxygens (including phenoxy) is 2. The summed E-state index contributed by atoms with van der Waals surface area (Å²) in [7, 11) is -0.406. The molecule has 0 aliphatic carbocycles. The van der Waals surface area contributed by atoms with Gasteiger partial charge in [0.1, 0.15) is 22.8 Å². The zero-order valence-electron chi connectivity index (χ0n) is 27.3. The Morgan fingerprint density at radius 3 is 2.00 bits per heavy atom. The molecule has 13 heteroatoms. The minimum absolute atomic E-state index is 0.00726. The van der Waals surface area contributed by atoms with E-state index in [1.54, 1.807) is 48.5 Å². The lowest BCUT2D eigenvalue weighted by atomic mass is 9.80. The van der Waals surface area contributed by atoms with Crippen molar-refractivity contribution in [2.75, 3.05) is 6.54 Å². The Morgan fingerprint density at radius 2 is 1.52 bits per heavy atom. The topological polar surface area (TPSA) is 153 Å². The highest BCUT2D eigenvalue weighted by molar-refractivity contribution is 6.45. The highest BCUT2D eigenvalue weighted by atomic mass is 16.7. The number of carbonyl (C=O) groups is 4. The number of rotatable bonds is 10. The van der Waals surface area contributed by atoms with Gasteiger partial charge in [-0.3, -0.25) is 9.69 Å². The standard InChI is InChI=1S/C29H52BN3O9/c1-12-20(32-23(37)39-25(2,3)4)21(34)31-19-17-29(22(35)36,33(18-19)24(38)40-26(5,6)7)15-13-14-16-30-41-27(8,9)28(10,11)42-30/h19-20H,12-18H2,1-11H3,(H,31,34)(H,32,37)(H,35,36)/t19-,20+,29-/m1/s1. The summed E-state index contributed by atoms with van der Waals surface area (Å²) in [5.41, 5.74) is -4.08. The molecule has 0 spiro atoms. The molecule has 0 bridgehead atoms. The molecule has 0 radical (unpaired) electrons. The summed E-state index contributed by atoms with van der Waals surface area (Å²) in [5, 5.41) is 15.9. The van der Waals surface area contributed by atoms with E-state index >= 15 is 0 Å². The largest absolute Gasteiger partial charge is 0.479 e. The number of alkyl carbamates (subject to hydrolysis) is 1. The molecule has 0 aromatic rings. The molecule has 3 N–H and O–H groups in total. The van der Waals surface area contributed by atoms with E-state index in [2.05, 4.69) is 10.6 Å². The average Bonchev–Trinajstić information content (AvgIpc) is 3.26. The summed E-state index contributed by atoms with van der Waals surface area (Å²) in [5.74, 6) is -1.65. The van der Waals surface area contributed by atoms with Crippen molar-refractivity contribution in [1.29, 1.82) is 0 Å². The summed E-state index contributed by atoms with van der Waals surface area (Å²) in [4.78, 5) is 52.8. The number of amides is 3. The zero-order chi connectivity index (χ0) is 32.3. The summed E-state index contributed by atoms with van der Waals surface area (Å²) in [6.45, 7) is 19.9. The monoisotopic (exact) mass is 597 g/mol. The molecule has 2 heterocycles. The Labute approximate surface area is 251 Å². The van der Waals surface area contributed by atoms with E-state index in [-0.39, 0.29) is 25.8 Å². The van der Waals surface area contributed by atoms with Crippen molar-refractivity contribution < 1.29 is 43.1 Å². The normalized spacial score (nSPS) is 24.2. The maximum atomic E-state index is 13.3. The maximum absolute atomic E-state index is 13.3. The molecule has 2 aliphatic heterocycles. The first-order valence-electron chi connectivity index (χ1n) is 14.9. The van der Waals surface area contributed by atoms with Gasteiger partial charge < -0.3 is 34.5 Å². The van der Waals surface area contributed by atoms with Gasteiger partial charge in [-0.05, 0) is 88.4 Å². The molecule has 0 aromatic carbocycles. The first kappa shape index (κ1) is 35.7. The number of nitrogens with one attached hydrogen (secondary N) is 2. The van der Waals surface area contributed by atoms with Gasteiger partial charge >= 0.3 is 25.3 Å². The number of unbranched alkanes of at least 4 members (excludes halogenated alkanes) is 1. The van der Waals surface area contributed by atoms with Crippen LogP contribution in [0.1, 0.15) is 108 Å². The Kier molecular flexibility index (Phi) is 11.0. The van der Waals surface area contributed by atoms with Gasteiger partial charge in [0.25, 0.3) is 0 Å². The molecule has 42 heavy (non-hydrogen) atoms. The minimum atomic E-state index is -1.59. The van der Waals surface area contributed by atoms with Crippen LogP contribution in [0.25, 0.3) is 0 Å². The van der Waals surface area contributed by atoms with Crippen LogP contribution in [0.4, 0.5) is 9.59 Å². The average molecular weight is 598 g/mol. The van der Waals surface area contributed by atoms with Gasteiger partial charge in [0.05, 0.1) is 11.2 Å². The molecule has 0 aromatic heterocycles. The van der Waals surface area contributed by atoms with Crippen LogP contribution >= 0.6 is 0 Å². The van der Waals surface area contributed by atoms with Crippen LogP contribution in [0, 0.1) is 0 Å². The lowest BCUT2D eigenvalue weighted by Gasteiger charge is -2.35. The fourth-order valence-corrected chi connectivity index (χ4v) is 5.10. The summed E-state index contributed by atoms with van der Waals surface area (Å²) < 4.78 is 23.0. The van der Waals surface area contributed by atoms with Crippen molar-refractivity contribution >= 4 is 31.2 Å². The van der Waals surface area contributed by atoms with E-state index in [0.717, 1.165) is 0 Å². The van der Waals surface area contributed by atoms with E-state index in [9.17, 15) is 24.3 Å². The van der Waals surface area contributed by atoms with Gasteiger partial charge in [-0.1, -0.05) is 19.8 Å². The van der Waals surface area contributed by atoms with Crippen LogP contribution < -0.4 is 10.6 Å². The van der Waals surface area contributed by atoms with Crippen LogP contribution in [-0.4, -0.2) is 87.8 Å². The first-order chi connectivity index (χ1) is 19.0. The second-order valence-electron chi connectivity index (χ2n) is 14.4. The van der Waals surface area contributed by atoms with Crippen molar-refractivity contribution in [3.05, 3.63) is 0 Å². The highest BCUT2D eigenvalue weighted by Crippen LogP contribution is 2.39. The van der Waals surface area contributed by atoms with Crippen molar-refractivity contribution in [2.45, 2.75) is 155 Å². The number of carboxylic acid groups (broad SMARTS) is 1. The molecule has 3 amide bonds. The summed E-state index contributed by atoms with van der Waals surface area (Å²) in [6, 6.07) is -1.56.